The van der Waals surface area contributed by atoms with E-state index in [9.17, 15) is 9.59 Å². The fourth-order valence-electron chi connectivity index (χ4n) is 3.94. The maximum absolute atomic E-state index is 12.3. The molecule has 1 amide bonds. The van der Waals surface area contributed by atoms with Crippen molar-refractivity contribution in [2.45, 2.75) is 32.1 Å². The topological polar surface area (TPSA) is 57.6 Å². The Morgan fingerprint density at radius 3 is 2.47 bits per heavy atom. The zero-order valence-corrected chi connectivity index (χ0v) is 9.97. The van der Waals surface area contributed by atoms with Gasteiger partial charge in [0.1, 0.15) is 0 Å². The van der Waals surface area contributed by atoms with E-state index in [1.165, 1.54) is 19.3 Å². The van der Waals surface area contributed by atoms with Gasteiger partial charge in [0, 0.05) is 19.0 Å². The summed E-state index contributed by atoms with van der Waals surface area (Å²) >= 11 is 0. The molecule has 94 valence electrons. The van der Waals surface area contributed by atoms with Crippen LogP contribution >= 0.6 is 0 Å². The Bertz CT molecular complexity index is 355. The lowest BCUT2D eigenvalue weighted by Gasteiger charge is -2.26. The predicted molar refractivity (Wildman–Crippen MR) is 61.3 cm³/mol. The molecule has 2 bridgehead atoms. The summed E-state index contributed by atoms with van der Waals surface area (Å²) < 4.78 is 0. The van der Waals surface area contributed by atoms with Crippen LogP contribution in [0.25, 0.3) is 0 Å². The standard InChI is InChI=1S/C13H19NO3/c15-12(11-6-8-1-2-9(11)5-8)14-4-3-10(7-14)13(16)17/h8-11H,1-7H2,(H,16,17). The van der Waals surface area contributed by atoms with E-state index in [4.69, 9.17) is 5.11 Å². The maximum Gasteiger partial charge on any atom is 0.308 e. The normalized spacial score (nSPS) is 39.9. The van der Waals surface area contributed by atoms with Crippen molar-refractivity contribution < 1.29 is 14.7 Å². The van der Waals surface area contributed by atoms with Crippen molar-refractivity contribution in [1.29, 1.82) is 0 Å². The van der Waals surface area contributed by atoms with Gasteiger partial charge in [0.25, 0.3) is 0 Å². The zero-order valence-electron chi connectivity index (χ0n) is 9.97. The van der Waals surface area contributed by atoms with Gasteiger partial charge in [-0.1, -0.05) is 6.42 Å². The number of aliphatic carboxylic acids is 1. The maximum atomic E-state index is 12.3. The van der Waals surface area contributed by atoms with Crippen LogP contribution in [-0.2, 0) is 9.59 Å². The molecule has 1 aliphatic heterocycles. The number of likely N-dealkylation sites (tertiary alicyclic amines) is 1. The molecule has 0 spiro atoms. The van der Waals surface area contributed by atoms with Crippen LogP contribution in [0.5, 0.6) is 0 Å². The van der Waals surface area contributed by atoms with Gasteiger partial charge in [0.2, 0.25) is 5.91 Å². The number of carbonyl (C=O) groups is 2. The lowest BCUT2D eigenvalue weighted by Crippen LogP contribution is -2.37. The monoisotopic (exact) mass is 237 g/mol. The van der Waals surface area contributed by atoms with E-state index in [1.54, 1.807) is 4.90 Å². The SMILES string of the molecule is O=C(O)C1CCN(C(=O)C2CC3CCC2C3)C1. The highest BCUT2D eigenvalue weighted by Gasteiger charge is 2.45. The van der Waals surface area contributed by atoms with Crippen molar-refractivity contribution in [3.8, 4) is 0 Å². The summed E-state index contributed by atoms with van der Waals surface area (Å²) in [6.45, 7) is 1.08. The Kier molecular flexibility index (Phi) is 2.60. The second kappa shape index (κ2) is 4.00. The lowest BCUT2D eigenvalue weighted by atomic mass is 9.88. The van der Waals surface area contributed by atoms with Crippen molar-refractivity contribution in [2.75, 3.05) is 13.1 Å². The minimum Gasteiger partial charge on any atom is -0.481 e. The number of rotatable bonds is 2. The van der Waals surface area contributed by atoms with Crippen LogP contribution in [-0.4, -0.2) is 35.0 Å². The van der Waals surface area contributed by atoms with E-state index in [2.05, 4.69) is 0 Å². The molecule has 0 radical (unpaired) electrons. The van der Waals surface area contributed by atoms with Gasteiger partial charge in [-0.2, -0.15) is 0 Å². The highest BCUT2D eigenvalue weighted by atomic mass is 16.4. The highest BCUT2D eigenvalue weighted by Crippen LogP contribution is 2.49. The molecule has 4 atom stereocenters. The summed E-state index contributed by atoms with van der Waals surface area (Å²) in [4.78, 5) is 25.0. The number of fused-ring (bicyclic) bond motifs is 2. The van der Waals surface area contributed by atoms with Gasteiger partial charge in [-0.3, -0.25) is 9.59 Å². The number of carboxylic acid groups (broad SMARTS) is 1. The minimum absolute atomic E-state index is 0.210. The van der Waals surface area contributed by atoms with Gasteiger partial charge < -0.3 is 10.0 Å². The fourth-order valence-corrected chi connectivity index (χ4v) is 3.94. The molecule has 1 saturated heterocycles. The first-order valence-corrected chi connectivity index (χ1v) is 6.66. The van der Waals surface area contributed by atoms with Gasteiger partial charge in [-0.05, 0) is 37.5 Å². The first-order valence-electron chi connectivity index (χ1n) is 6.66. The predicted octanol–water partition coefficient (Wildman–Crippen LogP) is 1.36. The molecule has 0 aromatic rings. The lowest BCUT2D eigenvalue weighted by molar-refractivity contribution is -0.141. The van der Waals surface area contributed by atoms with Crippen LogP contribution in [0, 0.1) is 23.7 Å². The number of hydrogen-bond acceptors (Lipinski definition) is 2. The molecule has 3 rings (SSSR count). The minimum atomic E-state index is -0.756. The van der Waals surface area contributed by atoms with Gasteiger partial charge in [0.05, 0.1) is 5.92 Å². The third-order valence-electron chi connectivity index (χ3n) is 4.90. The second-order valence-electron chi connectivity index (χ2n) is 5.89. The van der Waals surface area contributed by atoms with E-state index in [-0.39, 0.29) is 17.7 Å². The van der Waals surface area contributed by atoms with Crippen molar-refractivity contribution >= 4 is 11.9 Å². The number of carbonyl (C=O) groups excluding carboxylic acids is 1. The molecule has 4 heteroatoms. The van der Waals surface area contributed by atoms with Gasteiger partial charge in [-0.15, -0.1) is 0 Å². The molecular formula is C13H19NO3. The third-order valence-corrected chi connectivity index (χ3v) is 4.90. The van der Waals surface area contributed by atoms with Crippen molar-refractivity contribution in [3.05, 3.63) is 0 Å². The Morgan fingerprint density at radius 2 is 1.94 bits per heavy atom. The molecule has 4 unspecified atom stereocenters. The summed E-state index contributed by atoms with van der Waals surface area (Å²) in [5.74, 6) is 0.719. The summed E-state index contributed by atoms with van der Waals surface area (Å²) in [5, 5.41) is 8.95. The first kappa shape index (κ1) is 11.1. The highest BCUT2D eigenvalue weighted by molar-refractivity contribution is 5.81. The Hall–Kier alpha value is -1.06. The van der Waals surface area contributed by atoms with E-state index >= 15 is 0 Å². The molecule has 3 aliphatic rings. The molecule has 17 heavy (non-hydrogen) atoms. The van der Waals surface area contributed by atoms with E-state index in [1.807, 2.05) is 0 Å². The first-order chi connectivity index (χ1) is 8.15. The smallest absolute Gasteiger partial charge is 0.308 e. The molecule has 0 aromatic carbocycles. The van der Waals surface area contributed by atoms with Crippen LogP contribution in [0.1, 0.15) is 32.1 Å². The summed E-state index contributed by atoms with van der Waals surface area (Å²) in [7, 11) is 0. The average Bonchev–Trinajstić information content (AvgIpc) is 3.03. The molecule has 1 heterocycles. The van der Waals surface area contributed by atoms with Crippen molar-refractivity contribution in [3.63, 3.8) is 0 Å². The zero-order chi connectivity index (χ0) is 12.0. The molecule has 3 fully saturated rings. The third kappa shape index (κ3) is 1.83. The number of carboxylic acids is 1. The Balaban J connectivity index is 1.62. The van der Waals surface area contributed by atoms with Crippen LogP contribution in [0.15, 0.2) is 0 Å². The summed E-state index contributed by atoms with van der Waals surface area (Å²) in [6.07, 6.45) is 5.41. The fraction of sp³-hybridized carbons (Fsp3) is 0.846. The Labute approximate surface area is 101 Å². The second-order valence-corrected chi connectivity index (χ2v) is 5.89. The Morgan fingerprint density at radius 1 is 1.12 bits per heavy atom. The molecule has 2 aliphatic carbocycles. The van der Waals surface area contributed by atoms with Crippen molar-refractivity contribution in [1.82, 2.24) is 4.90 Å². The van der Waals surface area contributed by atoms with E-state index < -0.39 is 5.97 Å². The molecular weight excluding hydrogens is 218 g/mol. The molecule has 4 nitrogen and oxygen atoms in total. The number of hydrogen-bond donors (Lipinski definition) is 1. The number of amides is 1. The van der Waals surface area contributed by atoms with Gasteiger partial charge >= 0.3 is 5.97 Å². The average molecular weight is 237 g/mol. The molecule has 1 N–H and O–H groups in total. The quantitative estimate of drug-likeness (QED) is 0.788. The van der Waals surface area contributed by atoms with Gasteiger partial charge in [-0.25, -0.2) is 0 Å². The van der Waals surface area contributed by atoms with E-state index in [0.29, 0.717) is 25.4 Å². The van der Waals surface area contributed by atoms with Crippen LogP contribution in [0.4, 0.5) is 0 Å². The molecule has 2 saturated carbocycles. The molecule has 0 aromatic heterocycles. The summed E-state index contributed by atoms with van der Waals surface area (Å²) in [5.41, 5.74) is 0. The van der Waals surface area contributed by atoms with Crippen LogP contribution in [0.3, 0.4) is 0 Å². The van der Waals surface area contributed by atoms with Crippen LogP contribution < -0.4 is 0 Å². The van der Waals surface area contributed by atoms with Crippen molar-refractivity contribution in [2.24, 2.45) is 23.7 Å². The van der Waals surface area contributed by atoms with E-state index in [0.717, 1.165) is 12.3 Å². The largest absolute Gasteiger partial charge is 0.481 e. The van der Waals surface area contributed by atoms with Gasteiger partial charge in [0.15, 0.2) is 0 Å². The van der Waals surface area contributed by atoms with Crippen LogP contribution in [0.2, 0.25) is 0 Å². The number of nitrogens with zero attached hydrogens (tertiary/aromatic N) is 1. The summed E-state index contributed by atoms with van der Waals surface area (Å²) in [6, 6.07) is 0.